The normalized spacial score (nSPS) is 18.2. The zero-order valence-electron chi connectivity index (χ0n) is 19.8. The quantitative estimate of drug-likeness (QED) is 0.505. The van der Waals surface area contributed by atoms with Gasteiger partial charge in [0.25, 0.3) is 5.91 Å². The minimum absolute atomic E-state index is 0.0675. The molecule has 0 aliphatic carbocycles. The Kier molecular flexibility index (Phi) is 6.88. The van der Waals surface area contributed by atoms with Crippen molar-refractivity contribution in [2.24, 2.45) is 13.0 Å². The fourth-order valence-corrected chi connectivity index (χ4v) is 4.57. The summed E-state index contributed by atoms with van der Waals surface area (Å²) >= 11 is 6.10. The van der Waals surface area contributed by atoms with Gasteiger partial charge in [-0.15, -0.1) is 0 Å². The summed E-state index contributed by atoms with van der Waals surface area (Å²) in [7, 11) is 3.34. The van der Waals surface area contributed by atoms with Crippen LogP contribution in [0.25, 0.3) is 0 Å². The summed E-state index contributed by atoms with van der Waals surface area (Å²) < 4.78 is 1.58. The van der Waals surface area contributed by atoms with E-state index in [4.69, 9.17) is 17.3 Å². The van der Waals surface area contributed by atoms with Crippen molar-refractivity contribution in [1.29, 1.82) is 0 Å². The number of carbonyl (C=O) groups is 3. The Balaban J connectivity index is 1.58. The van der Waals surface area contributed by atoms with E-state index in [1.54, 1.807) is 61.5 Å². The molecule has 2 aromatic heterocycles. The molecule has 0 radical (unpaired) electrons. The number of nitrogens with two attached hydrogens (primary N) is 1. The van der Waals surface area contributed by atoms with E-state index in [0.29, 0.717) is 16.7 Å². The van der Waals surface area contributed by atoms with Gasteiger partial charge in [0.2, 0.25) is 11.8 Å². The number of carbonyl (C=O) groups excluding carboxylic acids is 3. The van der Waals surface area contributed by atoms with Crippen LogP contribution >= 0.6 is 11.6 Å². The molecule has 2 N–H and O–H groups in total. The standard InChI is InChI=1S/C25H27ClN6O3/c1-15(17-5-4-6-18(26)14-17)11-22(33)32-23(25(35)31(3)21-8-10-30(2)29-21)19(24(32)34)12-16-7-9-28-20(27)13-16/h4-10,13-15,19,23H,11-12H2,1-3H3,(H2,27,28)/t15-,19+,23-/m0/s1. The van der Waals surface area contributed by atoms with Gasteiger partial charge in [-0.3, -0.25) is 28.9 Å². The molecule has 4 rings (SSSR count). The van der Waals surface area contributed by atoms with Gasteiger partial charge < -0.3 is 5.73 Å². The van der Waals surface area contributed by atoms with Crippen molar-refractivity contribution in [2.75, 3.05) is 17.7 Å². The molecule has 1 fully saturated rings. The van der Waals surface area contributed by atoms with Gasteiger partial charge in [-0.2, -0.15) is 5.10 Å². The molecule has 0 saturated carbocycles. The smallest absolute Gasteiger partial charge is 0.252 e. The van der Waals surface area contributed by atoms with Crippen molar-refractivity contribution in [1.82, 2.24) is 19.7 Å². The fourth-order valence-electron chi connectivity index (χ4n) is 4.37. The predicted molar refractivity (Wildman–Crippen MR) is 133 cm³/mol. The highest BCUT2D eigenvalue weighted by Crippen LogP contribution is 2.34. The molecule has 3 amide bonds. The topological polar surface area (TPSA) is 114 Å². The summed E-state index contributed by atoms with van der Waals surface area (Å²) in [5, 5.41) is 4.85. The summed E-state index contributed by atoms with van der Waals surface area (Å²) in [6, 6.07) is 11.4. The van der Waals surface area contributed by atoms with E-state index in [0.717, 1.165) is 16.0 Å². The van der Waals surface area contributed by atoms with E-state index in [-0.39, 0.29) is 30.6 Å². The van der Waals surface area contributed by atoms with E-state index >= 15 is 0 Å². The molecule has 3 heterocycles. The Morgan fingerprint density at radius 3 is 2.66 bits per heavy atom. The molecule has 0 bridgehead atoms. The lowest BCUT2D eigenvalue weighted by molar-refractivity contribution is -0.170. The maximum absolute atomic E-state index is 13.5. The van der Waals surface area contributed by atoms with Crippen molar-refractivity contribution in [2.45, 2.75) is 31.7 Å². The maximum atomic E-state index is 13.5. The van der Waals surface area contributed by atoms with Crippen molar-refractivity contribution in [3.05, 3.63) is 71.0 Å². The Bertz CT molecular complexity index is 1280. The lowest BCUT2D eigenvalue weighted by atomic mass is 9.80. The zero-order valence-corrected chi connectivity index (χ0v) is 20.5. The first kappa shape index (κ1) is 24.4. The number of hydrogen-bond donors (Lipinski definition) is 1. The SMILES string of the molecule is C[C@@H](CC(=O)N1C(=O)[C@H](Cc2ccnc(N)c2)[C@H]1C(=O)N(C)c1ccn(C)n1)c1cccc(Cl)c1. The second kappa shape index (κ2) is 9.87. The van der Waals surface area contributed by atoms with Crippen molar-refractivity contribution in [3.8, 4) is 0 Å². The minimum atomic E-state index is -0.942. The van der Waals surface area contributed by atoms with Gasteiger partial charge in [0.1, 0.15) is 11.9 Å². The first-order valence-electron chi connectivity index (χ1n) is 11.2. The summed E-state index contributed by atoms with van der Waals surface area (Å²) in [5.41, 5.74) is 7.45. The maximum Gasteiger partial charge on any atom is 0.252 e. The average molecular weight is 495 g/mol. The number of anilines is 2. The van der Waals surface area contributed by atoms with Crippen LogP contribution in [0, 0.1) is 5.92 Å². The van der Waals surface area contributed by atoms with Crippen LogP contribution in [0.1, 0.15) is 30.4 Å². The number of benzene rings is 1. The first-order valence-corrected chi connectivity index (χ1v) is 11.6. The summed E-state index contributed by atoms with van der Waals surface area (Å²) in [5.74, 6) is -1.27. The molecule has 1 aliphatic heterocycles. The van der Waals surface area contributed by atoms with Crippen LogP contribution < -0.4 is 10.6 Å². The Labute approximate surface area is 208 Å². The van der Waals surface area contributed by atoms with Crippen molar-refractivity contribution >= 4 is 41.0 Å². The number of nitrogens with zero attached hydrogens (tertiary/aromatic N) is 5. The molecule has 35 heavy (non-hydrogen) atoms. The van der Waals surface area contributed by atoms with Crippen LogP contribution in [-0.4, -0.2) is 50.5 Å². The van der Waals surface area contributed by atoms with Crippen LogP contribution in [0.2, 0.25) is 5.02 Å². The fraction of sp³-hybridized carbons (Fsp3) is 0.320. The second-order valence-corrected chi connectivity index (χ2v) is 9.29. The summed E-state index contributed by atoms with van der Waals surface area (Å²) in [6.45, 7) is 1.89. The molecule has 1 saturated heterocycles. The number of hydrogen-bond acceptors (Lipinski definition) is 6. The van der Waals surface area contributed by atoms with Gasteiger partial charge in [-0.25, -0.2) is 4.98 Å². The van der Waals surface area contributed by atoms with Crippen LogP contribution in [0.15, 0.2) is 54.9 Å². The average Bonchev–Trinajstić information content (AvgIpc) is 3.26. The lowest BCUT2D eigenvalue weighted by Gasteiger charge is -2.46. The highest BCUT2D eigenvalue weighted by Gasteiger charge is 2.55. The number of pyridine rings is 1. The van der Waals surface area contributed by atoms with Gasteiger partial charge >= 0.3 is 0 Å². The number of β-lactam (4-membered cyclic amide) rings is 1. The van der Waals surface area contributed by atoms with Gasteiger partial charge in [0.15, 0.2) is 5.82 Å². The minimum Gasteiger partial charge on any atom is -0.384 e. The number of likely N-dealkylation sites (tertiary alicyclic amines) is 1. The van der Waals surface area contributed by atoms with E-state index in [2.05, 4.69) is 10.1 Å². The number of halogens is 1. The molecular formula is C25H27ClN6O3. The third-order valence-corrected chi connectivity index (χ3v) is 6.54. The van der Waals surface area contributed by atoms with Gasteiger partial charge in [0, 0.05) is 44.0 Å². The molecule has 0 unspecified atom stereocenters. The summed E-state index contributed by atoms with van der Waals surface area (Å²) in [4.78, 5) is 46.5. The number of aryl methyl sites for hydroxylation is 1. The van der Waals surface area contributed by atoms with Gasteiger partial charge in [0.05, 0.1) is 5.92 Å². The van der Waals surface area contributed by atoms with Crippen LogP contribution in [0.5, 0.6) is 0 Å². The first-order chi connectivity index (χ1) is 16.7. The van der Waals surface area contributed by atoms with E-state index in [9.17, 15) is 14.4 Å². The number of likely N-dealkylation sites (N-methyl/N-ethyl adjacent to an activating group) is 1. The van der Waals surface area contributed by atoms with Crippen LogP contribution in [-0.2, 0) is 27.9 Å². The molecular weight excluding hydrogens is 468 g/mol. The Morgan fingerprint density at radius 1 is 1.23 bits per heavy atom. The van der Waals surface area contributed by atoms with Crippen LogP contribution in [0.4, 0.5) is 11.6 Å². The zero-order chi connectivity index (χ0) is 25.3. The predicted octanol–water partition coefficient (Wildman–Crippen LogP) is 2.80. The molecule has 9 nitrogen and oxygen atoms in total. The molecule has 10 heteroatoms. The third kappa shape index (κ3) is 5.05. The highest BCUT2D eigenvalue weighted by atomic mass is 35.5. The molecule has 3 aromatic rings. The number of amides is 3. The molecule has 0 spiro atoms. The van der Waals surface area contributed by atoms with Crippen molar-refractivity contribution in [3.63, 3.8) is 0 Å². The number of rotatable bonds is 7. The summed E-state index contributed by atoms with van der Waals surface area (Å²) in [6.07, 6.45) is 3.61. The largest absolute Gasteiger partial charge is 0.384 e. The van der Waals surface area contributed by atoms with Crippen molar-refractivity contribution < 1.29 is 14.4 Å². The Hall–Kier alpha value is -3.72. The monoisotopic (exact) mass is 494 g/mol. The van der Waals surface area contributed by atoms with E-state index in [1.807, 2.05) is 19.1 Å². The number of nitrogen functional groups attached to an aromatic ring is 1. The second-order valence-electron chi connectivity index (χ2n) is 8.85. The molecule has 1 aromatic carbocycles. The molecule has 1 aliphatic rings. The number of imide groups is 1. The van der Waals surface area contributed by atoms with Gasteiger partial charge in [-0.05, 0) is 47.7 Å². The van der Waals surface area contributed by atoms with Crippen LogP contribution in [0.3, 0.4) is 0 Å². The van der Waals surface area contributed by atoms with E-state index in [1.165, 1.54) is 4.90 Å². The number of aromatic nitrogens is 3. The third-order valence-electron chi connectivity index (χ3n) is 6.31. The van der Waals surface area contributed by atoms with E-state index < -0.39 is 17.9 Å². The van der Waals surface area contributed by atoms with Gasteiger partial charge in [-0.1, -0.05) is 30.7 Å². The lowest BCUT2D eigenvalue weighted by Crippen LogP contribution is -2.69. The highest BCUT2D eigenvalue weighted by molar-refractivity contribution is 6.30. The molecule has 182 valence electrons. The Morgan fingerprint density at radius 2 is 2.00 bits per heavy atom. The molecule has 3 atom stereocenters.